The number of rotatable bonds is 15. The Bertz CT molecular complexity index is 3600. The number of nitrogens with one attached hydrogen (secondary N) is 1. The Labute approximate surface area is 418 Å². The number of nitrogens with two attached hydrogens (primary N) is 2. The van der Waals surface area contributed by atoms with E-state index in [0.717, 1.165) is 42.5 Å². The molecule has 20 heteroatoms. The van der Waals surface area contributed by atoms with Gasteiger partial charge in [-0.3, -0.25) is 27.9 Å². The first kappa shape index (κ1) is 53.0. The monoisotopic (exact) mass is 1020 g/mol. The minimum atomic E-state index is -0.953. The fraction of sp³-hybridized carbons (Fsp3) is 0.185. The minimum Gasteiger partial charge on any atom is -0.494 e. The molecule has 0 radical (unpaired) electrons. The van der Waals surface area contributed by atoms with Gasteiger partial charge in [0.25, 0.3) is 17.2 Å². The van der Waals surface area contributed by atoms with E-state index in [4.69, 9.17) is 26.6 Å². The molecule has 74 heavy (non-hydrogen) atoms. The van der Waals surface area contributed by atoms with Crippen molar-refractivity contribution < 1.29 is 40.6 Å². The fourth-order valence-corrected chi connectivity index (χ4v) is 8.53. The molecule has 14 nitrogen and oxygen atoms in total. The molecule has 2 atom stereocenters. The van der Waals surface area contributed by atoms with E-state index >= 15 is 8.78 Å². The van der Waals surface area contributed by atoms with E-state index < -0.39 is 88.1 Å². The molecule has 0 saturated heterocycles. The summed E-state index contributed by atoms with van der Waals surface area (Å²) in [6, 6.07) is 30.8. The summed E-state index contributed by atoms with van der Waals surface area (Å²) in [5, 5.41) is 0. The van der Waals surface area contributed by atoms with Crippen LogP contribution in [0.1, 0.15) is 45.7 Å². The molecule has 382 valence electrons. The van der Waals surface area contributed by atoms with Crippen molar-refractivity contribution in [1.82, 2.24) is 18.3 Å². The highest BCUT2D eigenvalue weighted by atomic mass is 19.2. The molecule has 5 N–H and O–H groups in total. The van der Waals surface area contributed by atoms with Crippen LogP contribution in [-0.2, 0) is 26.2 Å². The smallest absolute Gasteiger partial charge is 0.331 e. The quantitative estimate of drug-likeness (QED) is 0.0301. The lowest BCUT2D eigenvalue weighted by atomic mass is 10.0. The van der Waals surface area contributed by atoms with Gasteiger partial charge in [-0.05, 0) is 66.1 Å². The normalized spacial score (nSPS) is 11.9. The van der Waals surface area contributed by atoms with E-state index in [2.05, 4.69) is 0 Å². The molecule has 0 bridgehead atoms. The molecular weight excluding hydrogens is 971 g/mol. The number of methoxy groups -OCH3 is 2. The van der Waals surface area contributed by atoms with Crippen molar-refractivity contribution in [3.05, 3.63) is 244 Å². The number of nitrogens with zero attached hydrogens (tertiary/aromatic N) is 5. The highest BCUT2D eigenvalue weighted by molar-refractivity contribution is 5.68. The molecule has 0 spiro atoms. The van der Waals surface area contributed by atoms with Crippen molar-refractivity contribution in [3.8, 4) is 33.8 Å². The Balaban J connectivity index is 0.000000217. The van der Waals surface area contributed by atoms with Crippen LogP contribution in [0, 0.1) is 54.3 Å². The molecule has 2 heterocycles. The molecular formula is C54H49F6N8O6+. The first-order valence-electron chi connectivity index (χ1n) is 22.7. The second kappa shape index (κ2) is 22.7. The van der Waals surface area contributed by atoms with Gasteiger partial charge >= 0.3 is 11.4 Å². The zero-order chi connectivity index (χ0) is 53.5. The molecule has 8 rings (SSSR count). The summed E-state index contributed by atoms with van der Waals surface area (Å²) < 4.78 is 103. The van der Waals surface area contributed by atoms with Crippen LogP contribution in [-0.4, -0.2) is 37.3 Å². The predicted molar refractivity (Wildman–Crippen MR) is 264 cm³/mol. The van der Waals surface area contributed by atoms with Crippen molar-refractivity contribution in [2.24, 2.45) is 11.6 Å². The SMILES string of the molecule is COc1cccc(-c2c(C)n(Cc3c(F)cccc3F)c(=O)n(C[C@@H](c3ccccc3)[N+](=N)N)c2=O)c1F.COc1cccc(-c2c(C)n(Cc3c(F)cccc3F)c(=O)n(C[C@H](N)c3ccccc3)c2=O)c1F. The molecule has 0 aliphatic carbocycles. The highest BCUT2D eigenvalue weighted by Gasteiger charge is 2.30. The average Bonchev–Trinajstić information content (AvgIpc) is 3.38. The Morgan fingerprint density at radius 3 is 1.26 bits per heavy atom. The van der Waals surface area contributed by atoms with E-state index in [0.29, 0.717) is 15.9 Å². The van der Waals surface area contributed by atoms with Gasteiger partial charge in [-0.15, -0.1) is 0 Å². The molecule has 0 aliphatic heterocycles. The fourth-order valence-electron chi connectivity index (χ4n) is 8.53. The lowest BCUT2D eigenvalue weighted by molar-refractivity contribution is -0.667. The maximum atomic E-state index is 15.4. The van der Waals surface area contributed by atoms with Crippen LogP contribution in [0.15, 0.2) is 153 Å². The maximum absolute atomic E-state index is 15.4. The van der Waals surface area contributed by atoms with E-state index in [1.54, 1.807) is 60.7 Å². The Morgan fingerprint density at radius 2 is 0.878 bits per heavy atom. The largest absolute Gasteiger partial charge is 0.494 e. The predicted octanol–water partition coefficient (Wildman–Crippen LogP) is 8.28. The first-order valence-corrected chi connectivity index (χ1v) is 22.7. The van der Waals surface area contributed by atoms with Crippen LogP contribution < -0.4 is 43.5 Å². The van der Waals surface area contributed by atoms with Crippen molar-refractivity contribution in [1.29, 1.82) is 5.53 Å². The number of hydrogen-bond donors (Lipinski definition) is 3. The third-order valence-electron chi connectivity index (χ3n) is 12.5. The van der Waals surface area contributed by atoms with Gasteiger partial charge in [0.2, 0.25) is 0 Å². The minimum absolute atomic E-state index is 0.00204. The number of ether oxygens (including phenoxy) is 2. The molecule has 0 aliphatic rings. The van der Waals surface area contributed by atoms with Gasteiger partial charge < -0.3 is 15.2 Å². The summed E-state index contributed by atoms with van der Waals surface area (Å²) >= 11 is 0. The second-order valence-electron chi connectivity index (χ2n) is 16.9. The lowest BCUT2D eigenvalue weighted by Crippen LogP contribution is -2.45. The van der Waals surface area contributed by atoms with E-state index in [9.17, 15) is 36.7 Å². The van der Waals surface area contributed by atoms with Gasteiger partial charge in [-0.2, -0.15) is 5.84 Å². The summed E-state index contributed by atoms with van der Waals surface area (Å²) in [6.07, 6.45) is 0. The Morgan fingerprint density at radius 1 is 0.514 bits per heavy atom. The van der Waals surface area contributed by atoms with Gasteiger partial charge in [0, 0.05) is 45.2 Å². The van der Waals surface area contributed by atoms with Crippen LogP contribution >= 0.6 is 0 Å². The average molecular weight is 1020 g/mol. The Kier molecular flexibility index (Phi) is 16.3. The summed E-state index contributed by atoms with van der Waals surface area (Å²) in [7, 11) is 2.55. The summed E-state index contributed by atoms with van der Waals surface area (Å²) in [5.41, 5.74) is 10.8. The van der Waals surface area contributed by atoms with Crippen molar-refractivity contribution >= 4 is 0 Å². The third-order valence-corrected chi connectivity index (χ3v) is 12.5. The molecule has 0 unspecified atom stereocenters. The topological polar surface area (TPSA) is 185 Å². The van der Waals surface area contributed by atoms with Crippen molar-refractivity contribution in [3.63, 3.8) is 0 Å². The molecule has 0 fully saturated rings. The second-order valence-corrected chi connectivity index (χ2v) is 16.9. The number of aromatic nitrogens is 4. The molecule has 2 aromatic heterocycles. The van der Waals surface area contributed by atoms with Crippen molar-refractivity contribution in [2.75, 3.05) is 14.2 Å². The molecule has 0 amide bonds. The molecule has 8 aromatic rings. The number of hydrogen-bond acceptors (Lipinski definition) is 8. The zero-order valence-electron chi connectivity index (χ0n) is 40.3. The van der Waals surface area contributed by atoms with Gasteiger partial charge in [-0.1, -0.05) is 97.1 Å². The lowest BCUT2D eigenvalue weighted by Gasteiger charge is -2.20. The number of halogens is 6. The summed E-state index contributed by atoms with van der Waals surface area (Å²) in [4.78, 5) is 55.1. The van der Waals surface area contributed by atoms with E-state index in [1.807, 2.05) is 0 Å². The van der Waals surface area contributed by atoms with Crippen LogP contribution in [0.2, 0.25) is 0 Å². The van der Waals surface area contributed by atoms with Gasteiger partial charge in [0.1, 0.15) is 29.8 Å². The van der Waals surface area contributed by atoms with Gasteiger partial charge in [-0.25, -0.2) is 35.9 Å². The van der Waals surface area contributed by atoms with Crippen molar-refractivity contribution in [2.45, 2.75) is 52.1 Å². The number of benzene rings is 6. The molecule has 6 aromatic carbocycles. The van der Waals surface area contributed by atoms with E-state index in [1.165, 1.54) is 76.6 Å². The van der Waals surface area contributed by atoms with Gasteiger partial charge in [0.05, 0.1) is 45.0 Å². The summed E-state index contributed by atoms with van der Waals surface area (Å²) in [6.45, 7) is 1.13. The summed E-state index contributed by atoms with van der Waals surface area (Å²) in [5.74, 6) is 0.405. The van der Waals surface area contributed by atoms with Crippen LogP contribution in [0.4, 0.5) is 26.3 Å². The van der Waals surface area contributed by atoms with Crippen LogP contribution in [0.5, 0.6) is 11.5 Å². The Hall–Kier alpha value is -8.78. The number of hydrazine groups is 1. The van der Waals surface area contributed by atoms with Crippen LogP contribution in [0.25, 0.3) is 22.3 Å². The van der Waals surface area contributed by atoms with Crippen LogP contribution in [0.3, 0.4) is 0 Å². The first-order chi connectivity index (χ1) is 35.4. The van der Waals surface area contributed by atoms with Gasteiger partial charge in [0.15, 0.2) is 23.1 Å². The zero-order valence-corrected chi connectivity index (χ0v) is 40.3. The van der Waals surface area contributed by atoms with E-state index in [-0.39, 0.29) is 63.8 Å². The standard InChI is InChI=1S/C27H25F3N5O3.C27H24F3N3O3/c1-16-24(18-10-6-13-23(38-2)25(18)30)26(36)34(15-22(35(31)32)17-8-4-3-5-9-17)27(37)33(16)14-19-20(28)11-7-12-21(19)29;1-16-24(18-10-6-13-23(36-2)25(18)30)26(34)33(15-22(31)17-8-4-3-5-9-17)27(35)32(16)14-19-20(28)11-7-12-21(19)29/h3-13,22H,14-15H2,1-2H3,(H3,31,32);3-13,22H,14-15,31H2,1-2H3/q+1;/t2*22-/m00/s1. The highest BCUT2D eigenvalue weighted by Crippen LogP contribution is 2.31. The third kappa shape index (κ3) is 10.7. The maximum Gasteiger partial charge on any atom is 0.331 e. The molecule has 0 saturated carbocycles.